The van der Waals surface area contributed by atoms with Crippen molar-refractivity contribution in [3.8, 4) is 0 Å². The zero-order valence-corrected chi connectivity index (χ0v) is 10.1. The molecule has 82 valence electrons. The summed E-state index contributed by atoms with van der Waals surface area (Å²) in [4.78, 5) is 0. The molecule has 0 radical (unpaired) electrons. The molecule has 15 heavy (non-hydrogen) atoms. The fraction of sp³-hybridized carbons (Fsp3) is 0.538. The Balaban J connectivity index is 1.96. The summed E-state index contributed by atoms with van der Waals surface area (Å²) in [6.45, 7) is 2.20. The van der Waals surface area contributed by atoms with E-state index in [9.17, 15) is 0 Å². The molecule has 1 aliphatic rings. The lowest BCUT2D eigenvalue weighted by Crippen LogP contribution is -2.25. The number of anilines is 1. The largest absolute Gasteiger partial charge is 0.381 e. The molecule has 1 N–H and O–H groups in total. The average molecular weight is 221 g/mol. The van der Waals surface area contributed by atoms with E-state index in [1.807, 2.05) is 0 Å². The standard InChI is InChI=1S/C13H19NS/c1-2-11-5-3-6-12(9-11)14-13-7-4-8-15-10-13/h3,5-6,9,13-14H,2,4,7-8,10H2,1H3. The molecule has 2 rings (SSSR count). The molecule has 0 aromatic heterocycles. The third kappa shape index (κ3) is 3.16. The number of thioether (sulfide) groups is 1. The van der Waals surface area contributed by atoms with Crippen LogP contribution in [0.2, 0.25) is 0 Å². The number of benzene rings is 1. The van der Waals surface area contributed by atoms with E-state index in [1.165, 1.54) is 35.6 Å². The number of hydrogen-bond donors (Lipinski definition) is 1. The summed E-state index contributed by atoms with van der Waals surface area (Å²) < 4.78 is 0. The first-order chi connectivity index (χ1) is 7.38. The summed E-state index contributed by atoms with van der Waals surface area (Å²) in [7, 11) is 0. The molecule has 0 amide bonds. The van der Waals surface area contributed by atoms with Crippen LogP contribution in [-0.2, 0) is 6.42 Å². The van der Waals surface area contributed by atoms with E-state index in [0.717, 1.165) is 6.42 Å². The van der Waals surface area contributed by atoms with Crippen LogP contribution in [0.4, 0.5) is 5.69 Å². The molecule has 1 nitrogen and oxygen atoms in total. The van der Waals surface area contributed by atoms with Gasteiger partial charge in [0.2, 0.25) is 0 Å². The van der Waals surface area contributed by atoms with Crippen molar-refractivity contribution < 1.29 is 0 Å². The van der Waals surface area contributed by atoms with Crippen LogP contribution in [0.25, 0.3) is 0 Å². The van der Waals surface area contributed by atoms with Crippen molar-refractivity contribution in [2.75, 3.05) is 16.8 Å². The van der Waals surface area contributed by atoms with E-state index in [1.54, 1.807) is 0 Å². The Hall–Kier alpha value is -0.630. The molecule has 1 aromatic carbocycles. The van der Waals surface area contributed by atoms with Crippen molar-refractivity contribution in [1.82, 2.24) is 0 Å². The molecule has 1 unspecified atom stereocenters. The van der Waals surface area contributed by atoms with Crippen molar-refractivity contribution >= 4 is 17.4 Å². The molecule has 1 aliphatic heterocycles. The van der Waals surface area contributed by atoms with Gasteiger partial charge in [-0.25, -0.2) is 0 Å². The molecule has 1 atom stereocenters. The Bertz CT molecular complexity index is 305. The second-order valence-corrected chi connectivity index (χ2v) is 5.26. The van der Waals surface area contributed by atoms with E-state index < -0.39 is 0 Å². The summed E-state index contributed by atoms with van der Waals surface area (Å²) in [6.07, 6.45) is 3.80. The van der Waals surface area contributed by atoms with E-state index in [4.69, 9.17) is 0 Å². The molecule has 0 bridgehead atoms. The van der Waals surface area contributed by atoms with Crippen LogP contribution in [0, 0.1) is 0 Å². The van der Waals surface area contributed by atoms with Gasteiger partial charge in [0.25, 0.3) is 0 Å². The van der Waals surface area contributed by atoms with Crippen LogP contribution in [-0.4, -0.2) is 17.5 Å². The Morgan fingerprint density at radius 3 is 3.13 bits per heavy atom. The van der Waals surface area contributed by atoms with Gasteiger partial charge in [0, 0.05) is 17.5 Å². The molecular weight excluding hydrogens is 202 g/mol. The Kier molecular flexibility index (Phi) is 3.95. The van der Waals surface area contributed by atoms with Crippen LogP contribution >= 0.6 is 11.8 Å². The highest BCUT2D eigenvalue weighted by Crippen LogP contribution is 2.21. The molecule has 1 aromatic rings. The molecule has 1 fully saturated rings. The topological polar surface area (TPSA) is 12.0 Å². The van der Waals surface area contributed by atoms with Crippen molar-refractivity contribution in [2.24, 2.45) is 0 Å². The summed E-state index contributed by atoms with van der Waals surface area (Å²) in [5, 5.41) is 3.63. The Morgan fingerprint density at radius 1 is 1.47 bits per heavy atom. The zero-order valence-electron chi connectivity index (χ0n) is 9.33. The molecule has 2 heteroatoms. The monoisotopic (exact) mass is 221 g/mol. The second kappa shape index (κ2) is 5.45. The lowest BCUT2D eigenvalue weighted by atomic mass is 10.1. The third-order valence-electron chi connectivity index (χ3n) is 2.87. The highest BCUT2D eigenvalue weighted by atomic mass is 32.2. The van der Waals surface area contributed by atoms with E-state index in [0.29, 0.717) is 6.04 Å². The van der Waals surface area contributed by atoms with Gasteiger partial charge in [0.1, 0.15) is 0 Å². The molecule has 1 saturated heterocycles. The van der Waals surface area contributed by atoms with Gasteiger partial charge in [-0.1, -0.05) is 19.1 Å². The molecule has 0 saturated carbocycles. The van der Waals surface area contributed by atoms with Crippen molar-refractivity contribution in [2.45, 2.75) is 32.2 Å². The lowest BCUT2D eigenvalue weighted by molar-refractivity contribution is 0.685. The molecule has 0 spiro atoms. The van der Waals surface area contributed by atoms with Crippen LogP contribution in [0.15, 0.2) is 24.3 Å². The quantitative estimate of drug-likeness (QED) is 0.837. The summed E-state index contributed by atoms with van der Waals surface area (Å²) in [5.41, 5.74) is 2.71. The number of aryl methyl sites for hydroxylation is 1. The van der Waals surface area contributed by atoms with E-state index in [2.05, 4.69) is 48.3 Å². The Labute approximate surface area is 96.7 Å². The maximum atomic E-state index is 3.63. The summed E-state index contributed by atoms with van der Waals surface area (Å²) in [5.74, 6) is 2.60. The van der Waals surface area contributed by atoms with Gasteiger partial charge in [-0.3, -0.25) is 0 Å². The first-order valence-corrected chi connectivity index (χ1v) is 6.97. The van der Waals surface area contributed by atoms with Crippen LogP contribution in [0.5, 0.6) is 0 Å². The van der Waals surface area contributed by atoms with Crippen LogP contribution in [0.1, 0.15) is 25.3 Å². The van der Waals surface area contributed by atoms with Gasteiger partial charge >= 0.3 is 0 Å². The zero-order chi connectivity index (χ0) is 10.5. The lowest BCUT2D eigenvalue weighted by Gasteiger charge is -2.23. The molecular formula is C13H19NS. The number of hydrogen-bond acceptors (Lipinski definition) is 2. The van der Waals surface area contributed by atoms with Crippen LogP contribution in [0.3, 0.4) is 0 Å². The normalized spacial score (nSPS) is 21.3. The summed E-state index contributed by atoms with van der Waals surface area (Å²) in [6, 6.07) is 9.48. The first-order valence-electron chi connectivity index (χ1n) is 5.81. The number of nitrogens with one attached hydrogen (secondary N) is 1. The van der Waals surface area contributed by atoms with E-state index in [-0.39, 0.29) is 0 Å². The van der Waals surface area contributed by atoms with Crippen molar-refractivity contribution in [3.63, 3.8) is 0 Å². The summed E-state index contributed by atoms with van der Waals surface area (Å²) >= 11 is 2.07. The average Bonchev–Trinajstić information content (AvgIpc) is 2.31. The minimum atomic E-state index is 0.677. The smallest absolute Gasteiger partial charge is 0.0352 e. The van der Waals surface area contributed by atoms with Gasteiger partial charge in [-0.05, 0) is 42.7 Å². The third-order valence-corrected chi connectivity index (χ3v) is 4.08. The highest BCUT2D eigenvalue weighted by Gasteiger charge is 2.12. The fourth-order valence-corrected chi connectivity index (χ4v) is 3.04. The predicted molar refractivity (Wildman–Crippen MR) is 69.8 cm³/mol. The minimum Gasteiger partial charge on any atom is -0.381 e. The second-order valence-electron chi connectivity index (χ2n) is 4.11. The van der Waals surface area contributed by atoms with E-state index >= 15 is 0 Å². The number of rotatable bonds is 3. The van der Waals surface area contributed by atoms with Crippen molar-refractivity contribution in [3.05, 3.63) is 29.8 Å². The highest BCUT2D eigenvalue weighted by molar-refractivity contribution is 7.99. The molecule has 0 aliphatic carbocycles. The van der Waals surface area contributed by atoms with Gasteiger partial charge in [-0.15, -0.1) is 0 Å². The maximum absolute atomic E-state index is 3.63. The predicted octanol–water partition coefficient (Wildman–Crippen LogP) is 3.56. The van der Waals surface area contributed by atoms with Crippen molar-refractivity contribution in [1.29, 1.82) is 0 Å². The SMILES string of the molecule is CCc1cccc(NC2CCCSC2)c1. The minimum absolute atomic E-state index is 0.677. The van der Waals surface area contributed by atoms with Gasteiger partial charge in [-0.2, -0.15) is 11.8 Å². The fourth-order valence-electron chi connectivity index (χ4n) is 1.97. The van der Waals surface area contributed by atoms with Crippen LogP contribution < -0.4 is 5.32 Å². The van der Waals surface area contributed by atoms with Gasteiger partial charge in [0.05, 0.1) is 0 Å². The Morgan fingerprint density at radius 2 is 2.40 bits per heavy atom. The van der Waals surface area contributed by atoms with Gasteiger partial charge in [0.15, 0.2) is 0 Å². The molecule has 1 heterocycles. The maximum Gasteiger partial charge on any atom is 0.0352 e. The van der Waals surface area contributed by atoms with Gasteiger partial charge < -0.3 is 5.32 Å². The first kappa shape index (κ1) is 10.9.